The van der Waals surface area contributed by atoms with Crippen molar-refractivity contribution < 1.29 is 18.8 Å². The van der Waals surface area contributed by atoms with E-state index in [4.69, 9.17) is 5.73 Å². The molecule has 2 rings (SSSR count). The molecule has 0 bridgehead atoms. The van der Waals surface area contributed by atoms with Crippen LogP contribution in [0.3, 0.4) is 0 Å². The van der Waals surface area contributed by atoms with E-state index in [1.165, 1.54) is 0 Å². The molecule has 1 heterocycles. The first-order valence-corrected chi connectivity index (χ1v) is 8.72. The molecule has 0 aliphatic heterocycles. The number of nitrogens with zero attached hydrogens (tertiary/aromatic N) is 3. The second-order valence-electron chi connectivity index (χ2n) is 3.49. The van der Waals surface area contributed by atoms with Crippen LogP contribution < -0.4 is 5.73 Å². The fraction of sp³-hybridized carbons (Fsp3) is 0. The molecular formula is C13H12ClN4PtS. The number of benzene rings is 1. The Balaban J connectivity index is 0.000000956. The van der Waals surface area contributed by atoms with E-state index in [-0.39, 0.29) is 5.11 Å². The fourth-order valence-electron chi connectivity index (χ4n) is 1.46. The molecule has 107 valence electrons. The van der Waals surface area contributed by atoms with Crippen LogP contribution >= 0.6 is 9.42 Å². The van der Waals surface area contributed by atoms with E-state index in [1.807, 2.05) is 48.5 Å². The van der Waals surface area contributed by atoms with Gasteiger partial charge in [-0.05, 0) is 12.1 Å². The number of rotatable bonds is 3. The van der Waals surface area contributed by atoms with Gasteiger partial charge in [-0.15, -0.1) is 0 Å². The second-order valence-corrected chi connectivity index (χ2v) is 3.95. The molecule has 0 atom stereocenters. The molecule has 2 N–H and O–H groups in total. The van der Waals surface area contributed by atoms with Crippen molar-refractivity contribution in [3.8, 4) is 0 Å². The summed E-state index contributed by atoms with van der Waals surface area (Å²) in [4.78, 5) is 4.27. The van der Waals surface area contributed by atoms with Gasteiger partial charge in [0.2, 0.25) is 0 Å². The van der Waals surface area contributed by atoms with E-state index in [0.717, 1.165) is 11.3 Å². The van der Waals surface area contributed by atoms with Gasteiger partial charge in [0, 0.05) is 11.8 Å². The summed E-state index contributed by atoms with van der Waals surface area (Å²) < 4.78 is 0. The van der Waals surface area contributed by atoms with E-state index in [2.05, 4.69) is 37.1 Å². The number of hydrogen-bond donors (Lipinski definition) is 1. The minimum atomic E-state index is 0.111. The van der Waals surface area contributed by atoms with Crippen LogP contribution in [0.4, 0.5) is 0 Å². The van der Waals surface area contributed by atoms with Crippen LogP contribution in [0, 0.1) is 0 Å². The maximum absolute atomic E-state index is 5.38. The Labute approximate surface area is 138 Å². The van der Waals surface area contributed by atoms with Gasteiger partial charge in [-0.2, -0.15) is 0 Å². The van der Waals surface area contributed by atoms with Crippen LogP contribution in [0.2, 0.25) is 0 Å². The van der Waals surface area contributed by atoms with E-state index in [1.54, 1.807) is 25.0 Å². The van der Waals surface area contributed by atoms with Crippen LogP contribution in [0.15, 0.2) is 59.8 Å². The van der Waals surface area contributed by atoms with Gasteiger partial charge in [0.25, 0.3) is 0 Å². The van der Waals surface area contributed by atoms with Gasteiger partial charge in [-0.1, -0.05) is 36.4 Å². The van der Waals surface area contributed by atoms with Crippen molar-refractivity contribution in [2.24, 2.45) is 10.8 Å². The predicted molar refractivity (Wildman–Crippen MR) is 83.5 cm³/mol. The van der Waals surface area contributed by atoms with Gasteiger partial charge in [0.1, 0.15) is 0 Å². The molecule has 0 aliphatic rings. The topological polar surface area (TPSA) is 65.4 Å². The zero-order valence-electron chi connectivity index (χ0n) is 10.3. The van der Waals surface area contributed by atoms with Gasteiger partial charge in [-0.3, -0.25) is 10.7 Å². The van der Waals surface area contributed by atoms with Crippen molar-refractivity contribution in [1.29, 1.82) is 0 Å². The molecule has 0 saturated carbocycles. The van der Waals surface area contributed by atoms with Crippen molar-refractivity contribution in [3.05, 3.63) is 71.4 Å². The third kappa shape index (κ3) is 5.47. The Kier molecular flexibility index (Phi) is 8.23. The molecule has 0 radical (unpaired) electrons. The number of pyridine rings is 1. The molecule has 0 unspecified atom stereocenters. The third-order valence-electron chi connectivity index (χ3n) is 2.21. The number of halogens is 1. The summed E-state index contributed by atoms with van der Waals surface area (Å²) in [5, 5.41) is 4.21. The monoisotopic (exact) mass is 486 g/mol. The van der Waals surface area contributed by atoms with Crippen molar-refractivity contribution in [3.63, 3.8) is 0 Å². The molecule has 20 heavy (non-hydrogen) atoms. The number of aromatic nitrogens is 1. The second kappa shape index (κ2) is 9.72. The average Bonchev–Trinajstić information content (AvgIpc) is 2.51. The van der Waals surface area contributed by atoms with Gasteiger partial charge >= 0.3 is 28.2 Å². The molecule has 0 saturated heterocycles. The van der Waals surface area contributed by atoms with Gasteiger partial charge in [0.15, 0.2) is 17.3 Å². The summed E-state index contributed by atoms with van der Waals surface area (Å²) in [6.45, 7) is 0. The Morgan fingerprint density at radius 3 is 2.35 bits per heavy atom. The zero-order chi connectivity index (χ0) is 14.8. The van der Waals surface area contributed by atoms with Crippen LogP contribution in [-0.2, 0) is 31.0 Å². The number of hydrogen-bond acceptors (Lipinski definition) is 2. The molecule has 0 aliphatic carbocycles. The fourth-order valence-corrected chi connectivity index (χ4v) is 1.50. The maximum atomic E-state index is 5.38. The van der Waals surface area contributed by atoms with Crippen LogP contribution in [0.5, 0.6) is 0 Å². The summed E-state index contributed by atoms with van der Waals surface area (Å²) >= 11 is 5.51. The van der Waals surface area contributed by atoms with Gasteiger partial charge < -0.3 is 10.5 Å². The zero-order valence-corrected chi connectivity index (χ0v) is 14.2. The Hall–Kier alpha value is -1.13. The summed E-state index contributed by atoms with van der Waals surface area (Å²) in [7, 11) is 4.61. The quantitative estimate of drug-likeness (QED) is 0.238. The third-order valence-corrected chi connectivity index (χ3v) is 2.30. The first-order chi connectivity index (χ1) is 9.77. The van der Waals surface area contributed by atoms with Crippen molar-refractivity contribution in [2.75, 3.05) is 0 Å². The summed E-state index contributed by atoms with van der Waals surface area (Å²) in [5.74, 6) is 0. The van der Waals surface area contributed by atoms with Crippen LogP contribution in [0.25, 0.3) is 5.43 Å². The van der Waals surface area contributed by atoms with Gasteiger partial charge in [-0.25, -0.2) is 0 Å². The van der Waals surface area contributed by atoms with E-state index >= 15 is 0 Å². The van der Waals surface area contributed by atoms with Crippen molar-refractivity contribution >= 4 is 32.5 Å². The predicted octanol–water partition coefficient (Wildman–Crippen LogP) is 2.22. The number of thiol groups is 1. The summed E-state index contributed by atoms with van der Waals surface area (Å²) in [6.07, 6.45) is 1.71. The molecule has 0 spiro atoms. The van der Waals surface area contributed by atoms with Crippen LogP contribution in [0.1, 0.15) is 11.3 Å². The molecule has 1 aromatic heterocycles. The average molecular weight is 487 g/mol. The minimum absolute atomic E-state index is 0.111. The molecular weight excluding hydrogens is 475 g/mol. The summed E-state index contributed by atoms with van der Waals surface area (Å²) in [5.41, 5.74) is 11.5. The van der Waals surface area contributed by atoms with Gasteiger partial charge in [0.05, 0.1) is 11.4 Å². The van der Waals surface area contributed by atoms with E-state index < -0.39 is 0 Å². The molecule has 7 heteroatoms. The van der Waals surface area contributed by atoms with Crippen molar-refractivity contribution in [1.82, 2.24) is 4.98 Å². The van der Waals surface area contributed by atoms with Crippen LogP contribution in [-0.4, -0.2) is 15.8 Å². The SMILES string of the molecule is NC(=[SH+])[N-]N=C(c1ccccc1)c1ccccn1.[Cl][Pt]. The molecule has 0 fully saturated rings. The Morgan fingerprint density at radius 2 is 1.80 bits per heavy atom. The molecule has 4 nitrogen and oxygen atoms in total. The first kappa shape index (κ1) is 16.9. The number of nitrogens with two attached hydrogens (primary N) is 1. The Morgan fingerprint density at radius 1 is 1.15 bits per heavy atom. The molecule has 1 aromatic carbocycles. The van der Waals surface area contributed by atoms with E-state index in [0.29, 0.717) is 5.71 Å². The first-order valence-electron chi connectivity index (χ1n) is 5.46. The normalized spacial score (nSPS) is 10.3. The van der Waals surface area contributed by atoms with Crippen molar-refractivity contribution in [2.45, 2.75) is 0 Å². The summed E-state index contributed by atoms with van der Waals surface area (Å²) in [6, 6.07) is 15.3. The Bertz CT molecular complexity index is 522. The molecule has 0 amide bonds. The standard InChI is InChI=1S/C13H12N4S.ClH.Pt/c14-13(18)17-16-12(10-6-2-1-3-7-10)11-8-4-5-9-15-11;;/h1-9H,(H3,14,15,17,18);1H;/q;;+1/p-1. The van der Waals surface area contributed by atoms with E-state index in [9.17, 15) is 0 Å². The molecule has 2 aromatic rings.